The molecule has 2 aliphatic rings. The Balaban J connectivity index is 1.42. The van der Waals surface area contributed by atoms with Crippen molar-refractivity contribution in [1.82, 2.24) is 9.55 Å². The number of nitrogens with zero attached hydrogens (tertiary/aromatic N) is 3. The fourth-order valence-electron chi connectivity index (χ4n) is 4.34. The second-order valence-corrected chi connectivity index (χ2v) is 10.6. The zero-order valence-corrected chi connectivity index (χ0v) is 19.6. The summed E-state index contributed by atoms with van der Waals surface area (Å²) in [5.74, 6) is 0.322. The third-order valence-electron chi connectivity index (χ3n) is 5.88. The minimum atomic E-state index is 0.00599. The van der Waals surface area contributed by atoms with E-state index in [0.29, 0.717) is 17.0 Å². The molecule has 1 aromatic heterocycles. The van der Waals surface area contributed by atoms with Gasteiger partial charge in [-0.25, -0.2) is 4.98 Å². The molecule has 0 saturated heterocycles. The molecule has 2 aromatic carbocycles. The number of hydrogen-bond donors (Lipinski definition) is 0. The number of para-hydroxylation sites is 1. The molecule has 164 valence electrons. The van der Waals surface area contributed by atoms with E-state index in [2.05, 4.69) is 13.0 Å². The van der Waals surface area contributed by atoms with E-state index in [1.54, 1.807) is 16.3 Å². The highest BCUT2D eigenvalue weighted by Gasteiger charge is 2.27. The summed E-state index contributed by atoms with van der Waals surface area (Å²) in [6, 6.07) is 18.1. The summed E-state index contributed by atoms with van der Waals surface area (Å²) >= 11 is 2.99. The average molecular weight is 464 g/mol. The zero-order valence-electron chi connectivity index (χ0n) is 18.0. The summed E-state index contributed by atoms with van der Waals surface area (Å²) in [7, 11) is 0. The van der Waals surface area contributed by atoms with E-state index in [-0.39, 0.29) is 17.2 Å². The van der Waals surface area contributed by atoms with Gasteiger partial charge in [-0.3, -0.25) is 14.2 Å². The van der Waals surface area contributed by atoms with E-state index < -0.39 is 0 Å². The van der Waals surface area contributed by atoms with Crippen LogP contribution in [0.5, 0.6) is 0 Å². The van der Waals surface area contributed by atoms with Crippen LogP contribution in [0.15, 0.2) is 69.4 Å². The lowest BCUT2D eigenvalue weighted by Crippen LogP contribution is -2.37. The first-order valence-corrected chi connectivity index (χ1v) is 12.8. The van der Waals surface area contributed by atoms with Crippen LogP contribution in [0.25, 0.3) is 0 Å². The van der Waals surface area contributed by atoms with E-state index in [4.69, 9.17) is 4.98 Å². The Morgan fingerprint density at radius 1 is 1.16 bits per heavy atom. The molecule has 32 heavy (non-hydrogen) atoms. The molecule has 7 heteroatoms. The first kappa shape index (κ1) is 21.3. The fraction of sp³-hybridized carbons (Fsp3) is 0.320. The Bertz CT molecular complexity index is 1210. The summed E-state index contributed by atoms with van der Waals surface area (Å²) in [6.45, 7) is 3.31. The largest absolute Gasteiger partial charge is 0.311 e. The van der Waals surface area contributed by atoms with Crippen molar-refractivity contribution < 1.29 is 4.79 Å². The molecular weight excluding hydrogens is 438 g/mol. The van der Waals surface area contributed by atoms with Crippen LogP contribution in [0, 0.1) is 0 Å². The Kier molecular flexibility index (Phi) is 6.11. The van der Waals surface area contributed by atoms with Crippen LogP contribution in [0.3, 0.4) is 0 Å². The van der Waals surface area contributed by atoms with Gasteiger partial charge in [-0.05, 0) is 30.0 Å². The maximum atomic E-state index is 13.3. The molecule has 0 saturated carbocycles. The summed E-state index contributed by atoms with van der Waals surface area (Å²) < 4.78 is 1.74. The number of amides is 1. The predicted molar refractivity (Wildman–Crippen MR) is 131 cm³/mol. The molecular formula is C25H25N3O2S2. The van der Waals surface area contributed by atoms with Gasteiger partial charge in [0, 0.05) is 23.9 Å². The number of hydrogen-bond acceptors (Lipinski definition) is 5. The van der Waals surface area contributed by atoms with Crippen LogP contribution in [0.1, 0.15) is 30.2 Å². The Morgan fingerprint density at radius 2 is 1.94 bits per heavy atom. The Labute approximate surface area is 196 Å². The van der Waals surface area contributed by atoms with Crippen molar-refractivity contribution in [2.45, 2.75) is 48.0 Å². The molecule has 0 bridgehead atoms. The average Bonchev–Trinajstić information content (AvgIpc) is 3.20. The van der Waals surface area contributed by atoms with Crippen molar-refractivity contribution in [3.8, 4) is 0 Å². The lowest BCUT2D eigenvalue weighted by molar-refractivity contribution is -0.116. The van der Waals surface area contributed by atoms with Crippen LogP contribution < -0.4 is 10.5 Å². The van der Waals surface area contributed by atoms with Crippen molar-refractivity contribution in [2.75, 3.05) is 17.2 Å². The molecule has 1 amide bonds. The van der Waals surface area contributed by atoms with Gasteiger partial charge in [0.2, 0.25) is 5.91 Å². The van der Waals surface area contributed by atoms with E-state index in [0.717, 1.165) is 47.6 Å². The SMILES string of the molecule is C[C@@H]1Cc2nc(SCC(=O)N3CCCc4ccccc43)n(Cc3ccccc3)c(=O)c2S1. The molecule has 2 aliphatic heterocycles. The number of carbonyl (C=O) groups excluding carboxylic acids is 1. The van der Waals surface area contributed by atoms with Gasteiger partial charge in [-0.15, -0.1) is 11.8 Å². The van der Waals surface area contributed by atoms with Crippen LogP contribution in [-0.2, 0) is 24.2 Å². The van der Waals surface area contributed by atoms with Gasteiger partial charge in [-0.2, -0.15) is 0 Å². The molecule has 0 N–H and O–H groups in total. The quantitative estimate of drug-likeness (QED) is 0.415. The van der Waals surface area contributed by atoms with Gasteiger partial charge < -0.3 is 4.90 Å². The molecule has 0 aliphatic carbocycles. The molecule has 5 rings (SSSR count). The second kappa shape index (κ2) is 9.16. The number of anilines is 1. The zero-order chi connectivity index (χ0) is 22.1. The molecule has 1 atom stereocenters. The Hall–Kier alpha value is -2.51. The van der Waals surface area contributed by atoms with Crippen molar-refractivity contribution in [1.29, 1.82) is 0 Å². The second-order valence-electron chi connectivity index (χ2n) is 8.25. The van der Waals surface area contributed by atoms with Crippen LogP contribution >= 0.6 is 23.5 Å². The highest BCUT2D eigenvalue weighted by atomic mass is 32.2. The standard InChI is InChI=1S/C25H25N3O2S2/c1-17-14-20-23(32-17)24(30)28(15-18-8-3-2-4-9-18)25(26-20)31-16-22(29)27-13-7-11-19-10-5-6-12-21(19)27/h2-6,8-10,12,17H,7,11,13-16H2,1H3/t17-/m1/s1. The molecule has 0 spiro atoms. The monoisotopic (exact) mass is 463 g/mol. The smallest absolute Gasteiger partial charge is 0.268 e. The summed E-state index contributed by atoms with van der Waals surface area (Å²) in [6.07, 6.45) is 2.77. The third kappa shape index (κ3) is 4.24. The molecule has 5 nitrogen and oxygen atoms in total. The fourth-order valence-corrected chi connectivity index (χ4v) is 6.35. The van der Waals surface area contributed by atoms with Gasteiger partial charge in [0.05, 0.1) is 22.9 Å². The van der Waals surface area contributed by atoms with E-state index >= 15 is 0 Å². The van der Waals surface area contributed by atoms with Crippen LogP contribution in [0.4, 0.5) is 5.69 Å². The normalized spacial score (nSPS) is 17.2. The lowest BCUT2D eigenvalue weighted by Gasteiger charge is -2.29. The number of thioether (sulfide) groups is 2. The van der Waals surface area contributed by atoms with Gasteiger partial charge in [0.15, 0.2) is 5.16 Å². The highest BCUT2D eigenvalue weighted by molar-refractivity contribution is 8.00. The molecule has 0 fully saturated rings. The first-order valence-electron chi connectivity index (χ1n) is 11.0. The number of aromatic nitrogens is 2. The number of benzene rings is 2. The minimum absolute atomic E-state index is 0.00599. The predicted octanol–water partition coefficient (Wildman–Crippen LogP) is 4.40. The van der Waals surface area contributed by atoms with Crippen molar-refractivity contribution in [3.05, 3.63) is 81.8 Å². The molecule has 3 aromatic rings. The first-order chi connectivity index (χ1) is 15.6. The maximum absolute atomic E-state index is 13.3. The highest BCUT2D eigenvalue weighted by Crippen LogP contribution is 2.34. The van der Waals surface area contributed by atoms with Gasteiger partial charge in [-0.1, -0.05) is 67.2 Å². The van der Waals surface area contributed by atoms with Gasteiger partial charge >= 0.3 is 0 Å². The summed E-state index contributed by atoms with van der Waals surface area (Å²) in [4.78, 5) is 34.0. The van der Waals surface area contributed by atoms with Gasteiger partial charge in [0.1, 0.15) is 0 Å². The summed E-state index contributed by atoms with van der Waals surface area (Å²) in [5, 5.41) is 0.980. The van der Waals surface area contributed by atoms with Crippen molar-refractivity contribution >= 4 is 35.1 Å². The van der Waals surface area contributed by atoms with Crippen LogP contribution in [-0.4, -0.2) is 33.0 Å². The topological polar surface area (TPSA) is 55.2 Å². The number of aryl methyl sites for hydroxylation is 1. The minimum Gasteiger partial charge on any atom is -0.311 e. The third-order valence-corrected chi connectivity index (χ3v) is 8.06. The van der Waals surface area contributed by atoms with E-state index in [1.165, 1.54) is 17.3 Å². The number of rotatable bonds is 5. The summed E-state index contributed by atoms with van der Waals surface area (Å²) in [5.41, 5.74) is 4.16. The molecule has 3 heterocycles. The van der Waals surface area contributed by atoms with E-state index in [9.17, 15) is 9.59 Å². The number of fused-ring (bicyclic) bond motifs is 2. The van der Waals surface area contributed by atoms with Crippen LogP contribution in [0.2, 0.25) is 0 Å². The van der Waals surface area contributed by atoms with E-state index in [1.807, 2.05) is 53.4 Å². The maximum Gasteiger partial charge on any atom is 0.268 e. The van der Waals surface area contributed by atoms with Crippen molar-refractivity contribution in [2.24, 2.45) is 0 Å². The van der Waals surface area contributed by atoms with Gasteiger partial charge in [0.25, 0.3) is 5.56 Å². The number of carbonyl (C=O) groups is 1. The molecule has 0 radical (unpaired) electrons. The van der Waals surface area contributed by atoms with Crippen molar-refractivity contribution in [3.63, 3.8) is 0 Å². The Morgan fingerprint density at radius 3 is 2.78 bits per heavy atom. The molecule has 0 unspecified atom stereocenters. The lowest BCUT2D eigenvalue weighted by atomic mass is 10.0.